The first-order chi connectivity index (χ1) is 15.5. The summed E-state index contributed by atoms with van der Waals surface area (Å²) in [5.74, 6) is -0.526. The van der Waals surface area contributed by atoms with Gasteiger partial charge in [0.25, 0.3) is 0 Å². The predicted octanol–water partition coefficient (Wildman–Crippen LogP) is 5.22. The van der Waals surface area contributed by atoms with E-state index in [1.54, 1.807) is 0 Å². The molecule has 1 aliphatic carbocycles. The third kappa shape index (κ3) is 8.68. The molecule has 0 spiro atoms. The van der Waals surface area contributed by atoms with Gasteiger partial charge in [-0.15, -0.1) is 0 Å². The van der Waals surface area contributed by atoms with E-state index in [1.165, 1.54) is 42.5 Å². The van der Waals surface area contributed by atoms with Crippen LogP contribution in [0.15, 0.2) is 42.5 Å². The van der Waals surface area contributed by atoms with Crippen LogP contribution in [0.3, 0.4) is 0 Å². The Bertz CT molecular complexity index is 1020. The Morgan fingerprint density at radius 1 is 1.06 bits per heavy atom. The third-order valence-corrected chi connectivity index (χ3v) is 6.62. The minimum Gasteiger partial charge on any atom is -0.490 e. The molecule has 0 heterocycles. The van der Waals surface area contributed by atoms with Gasteiger partial charge < -0.3 is 9.47 Å². The standard InChI is InChI=1S/C25H33F2NO4S/c1-25(2,3)17-31-13-4-14-33(29,30)28-24(19-7-10-21(26)11-8-19)20-9-12-22(27)23(15-20)32-16-18-5-6-18/h7-12,15,18,24,28H,4-6,13-14,16-17H2,1-3H3. The minimum absolute atomic E-state index is 0.00662. The molecule has 182 valence electrons. The predicted molar refractivity (Wildman–Crippen MR) is 125 cm³/mol. The fourth-order valence-corrected chi connectivity index (χ4v) is 4.50. The van der Waals surface area contributed by atoms with E-state index in [4.69, 9.17) is 9.47 Å². The van der Waals surface area contributed by atoms with Crippen molar-refractivity contribution in [1.29, 1.82) is 0 Å². The van der Waals surface area contributed by atoms with E-state index in [-0.39, 0.29) is 16.9 Å². The second-order valence-electron chi connectivity index (χ2n) is 9.83. The molecule has 2 aromatic carbocycles. The highest BCUT2D eigenvalue weighted by Gasteiger charge is 2.25. The third-order valence-electron chi connectivity index (χ3n) is 5.20. The van der Waals surface area contributed by atoms with Crippen molar-refractivity contribution in [2.24, 2.45) is 11.3 Å². The second kappa shape index (κ2) is 10.9. The first-order valence-corrected chi connectivity index (χ1v) is 12.9. The second-order valence-corrected chi connectivity index (χ2v) is 11.7. The molecular weight excluding hydrogens is 448 g/mol. The molecule has 1 aliphatic rings. The summed E-state index contributed by atoms with van der Waals surface area (Å²) < 4.78 is 67.4. The van der Waals surface area contributed by atoms with E-state index in [9.17, 15) is 17.2 Å². The van der Waals surface area contributed by atoms with Crippen molar-refractivity contribution >= 4 is 10.0 Å². The number of halogens is 2. The van der Waals surface area contributed by atoms with Crippen LogP contribution in [0.1, 0.15) is 57.2 Å². The fraction of sp³-hybridized carbons (Fsp3) is 0.520. The van der Waals surface area contributed by atoms with Crippen LogP contribution in [0.25, 0.3) is 0 Å². The van der Waals surface area contributed by atoms with E-state index in [1.807, 2.05) is 20.8 Å². The SMILES string of the molecule is CC(C)(C)COCCCS(=O)(=O)NC(c1ccc(F)cc1)c1ccc(F)c(OCC2CC2)c1. The topological polar surface area (TPSA) is 64.6 Å². The first kappa shape index (κ1) is 25.6. The highest BCUT2D eigenvalue weighted by molar-refractivity contribution is 7.89. The summed E-state index contributed by atoms with van der Waals surface area (Å²) in [5, 5.41) is 0. The Kier molecular flexibility index (Phi) is 8.48. The Morgan fingerprint density at radius 3 is 2.36 bits per heavy atom. The van der Waals surface area contributed by atoms with E-state index >= 15 is 0 Å². The number of rotatable bonds is 12. The molecule has 3 rings (SSSR count). The zero-order valence-electron chi connectivity index (χ0n) is 19.4. The molecule has 0 amide bonds. The van der Waals surface area contributed by atoms with E-state index in [0.29, 0.717) is 43.3 Å². The molecule has 0 aromatic heterocycles. The summed E-state index contributed by atoms with van der Waals surface area (Å²) in [4.78, 5) is 0. The Labute approximate surface area is 195 Å². The Balaban J connectivity index is 1.74. The average molecular weight is 482 g/mol. The van der Waals surface area contributed by atoms with Crippen molar-refractivity contribution in [2.75, 3.05) is 25.6 Å². The van der Waals surface area contributed by atoms with Crippen molar-refractivity contribution in [3.05, 3.63) is 65.2 Å². The van der Waals surface area contributed by atoms with Crippen molar-refractivity contribution in [2.45, 2.75) is 46.1 Å². The van der Waals surface area contributed by atoms with Crippen LogP contribution in [0, 0.1) is 23.0 Å². The first-order valence-electron chi connectivity index (χ1n) is 11.3. The lowest BCUT2D eigenvalue weighted by Crippen LogP contribution is -2.32. The molecule has 33 heavy (non-hydrogen) atoms. The van der Waals surface area contributed by atoms with Gasteiger partial charge in [0, 0.05) is 6.61 Å². The smallest absolute Gasteiger partial charge is 0.212 e. The van der Waals surface area contributed by atoms with Gasteiger partial charge in [0.15, 0.2) is 11.6 Å². The van der Waals surface area contributed by atoms with E-state index < -0.39 is 27.7 Å². The number of sulfonamides is 1. The zero-order valence-corrected chi connectivity index (χ0v) is 20.3. The maximum absolute atomic E-state index is 14.3. The highest BCUT2D eigenvalue weighted by atomic mass is 32.2. The molecule has 1 saturated carbocycles. The molecule has 2 aromatic rings. The summed E-state index contributed by atoms with van der Waals surface area (Å²) >= 11 is 0. The van der Waals surface area contributed by atoms with Crippen LogP contribution in [-0.2, 0) is 14.8 Å². The quantitative estimate of drug-likeness (QED) is 0.423. The van der Waals surface area contributed by atoms with Gasteiger partial charge in [0.2, 0.25) is 10.0 Å². The molecule has 1 unspecified atom stereocenters. The number of hydrogen-bond acceptors (Lipinski definition) is 4. The van der Waals surface area contributed by atoms with Crippen LogP contribution in [0.4, 0.5) is 8.78 Å². The molecule has 0 aliphatic heterocycles. The van der Waals surface area contributed by atoms with Gasteiger partial charge in [0.05, 0.1) is 25.0 Å². The van der Waals surface area contributed by atoms with Gasteiger partial charge in [-0.3, -0.25) is 0 Å². The number of hydrogen-bond donors (Lipinski definition) is 1. The van der Waals surface area contributed by atoms with Crippen LogP contribution in [0.2, 0.25) is 0 Å². The molecule has 0 radical (unpaired) electrons. The Hall–Kier alpha value is -2.03. The molecule has 0 bridgehead atoms. The average Bonchev–Trinajstić information content (AvgIpc) is 3.56. The number of benzene rings is 2. The summed E-state index contributed by atoms with van der Waals surface area (Å²) in [6.07, 6.45) is 2.47. The summed E-state index contributed by atoms with van der Waals surface area (Å²) in [6.45, 7) is 7.44. The molecule has 0 saturated heterocycles. The maximum Gasteiger partial charge on any atom is 0.212 e. The lowest BCUT2D eigenvalue weighted by Gasteiger charge is -2.21. The fourth-order valence-electron chi connectivity index (χ4n) is 3.25. The van der Waals surface area contributed by atoms with Crippen molar-refractivity contribution in [3.8, 4) is 5.75 Å². The van der Waals surface area contributed by atoms with Crippen molar-refractivity contribution in [3.63, 3.8) is 0 Å². The minimum atomic E-state index is -3.70. The maximum atomic E-state index is 14.3. The summed E-state index contributed by atoms with van der Waals surface area (Å²) in [6, 6.07) is 9.06. The monoisotopic (exact) mass is 481 g/mol. The van der Waals surface area contributed by atoms with Crippen molar-refractivity contribution < 1.29 is 26.7 Å². The van der Waals surface area contributed by atoms with Crippen LogP contribution >= 0.6 is 0 Å². The lowest BCUT2D eigenvalue weighted by molar-refractivity contribution is 0.0720. The largest absolute Gasteiger partial charge is 0.490 e. The van der Waals surface area contributed by atoms with Gasteiger partial charge in [-0.05, 0) is 66.0 Å². The van der Waals surface area contributed by atoms with E-state index in [2.05, 4.69) is 4.72 Å². The summed E-state index contributed by atoms with van der Waals surface area (Å²) in [5.41, 5.74) is 1.07. The molecular formula is C25H33F2NO4S. The van der Waals surface area contributed by atoms with Gasteiger partial charge in [-0.2, -0.15) is 0 Å². The van der Waals surface area contributed by atoms with Gasteiger partial charge in [0.1, 0.15) is 5.82 Å². The summed E-state index contributed by atoms with van der Waals surface area (Å²) in [7, 11) is -3.70. The normalized spacial score (nSPS) is 15.4. The van der Waals surface area contributed by atoms with Gasteiger partial charge in [-0.1, -0.05) is 39.0 Å². The molecule has 1 atom stereocenters. The van der Waals surface area contributed by atoms with Gasteiger partial charge in [-0.25, -0.2) is 21.9 Å². The van der Waals surface area contributed by atoms with Gasteiger partial charge >= 0.3 is 0 Å². The van der Waals surface area contributed by atoms with Crippen molar-refractivity contribution in [1.82, 2.24) is 4.72 Å². The molecule has 1 N–H and O–H groups in total. The van der Waals surface area contributed by atoms with E-state index in [0.717, 1.165) is 12.8 Å². The number of nitrogens with one attached hydrogen (secondary N) is 1. The van der Waals surface area contributed by atoms with Crippen LogP contribution in [0.5, 0.6) is 5.75 Å². The zero-order chi connectivity index (χ0) is 24.1. The lowest BCUT2D eigenvalue weighted by atomic mass is 9.99. The molecule has 1 fully saturated rings. The highest BCUT2D eigenvalue weighted by Crippen LogP contribution is 2.32. The molecule has 5 nitrogen and oxygen atoms in total. The van der Waals surface area contributed by atoms with Crippen LogP contribution < -0.4 is 9.46 Å². The van der Waals surface area contributed by atoms with Crippen LogP contribution in [-0.4, -0.2) is 34.0 Å². The molecule has 8 heteroatoms. The Morgan fingerprint density at radius 2 is 1.73 bits per heavy atom. The number of ether oxygens (including phenoxy) is 2.